The molecule has 2 aromatic rings. The summed E-state index contributed by atoms with van der Waals surface area (Å²) in [5.74, 6) is 1.48. The highest BCUT2D eigenvalue weighted by molar-refractivity contribution is 5.81. The van der Waals surface area contributed by atoms with E-state index in [0.29, 0.717) is 6.61 Å². The van der Waals surface area contributed by atoms with Gasteiger partial charge in [0.05, 0.1) is 17.5 Å². The minimum absolute atomic E-state index is 0.401. The predicted molar refractivity (Wildman–Crippen MR) is 77.1 cm³/mol. The first kappa shape index (κ1) is 14.6. The maximum atomic E-state index is 10.5. The number of aromatic nitrogens is 1. The van der Waals surface area contributed by atoms with Gasteiger partial charge in [-0.15, -0.1) is 0 Å². The van der Waals surface area contributed by atoms with Crippen molar-refractivity contribution in [2.24, 2.45) is 10.8 Å². The van der Waals surface area contributed by atoms with Gasteiger partial charge in [-0.2, -0.15) is 5.10 Å². The van der Waals surface area contributed by atoms with Gasteiger partial charge in [0.2, 0.25) is 0 Å². The Morgan fingerprint density at radius 1 is 1.43 bits per heavy atom. The molecule has 0 aliphatic heterocycles. The second kappa shape index (κ2) is 6.56. The number of hydrogen-bond donors (Lipinski definition) is 2. The van der Waals surface area contributed by atoms with Crippen LogP contribution in [0.15, 0.2) is 33.9 Å². The second-order valence-corrected chi connectivity index (χ2v) is 4.39. The van der Waals surface area contributed by atoms with Crippen molar-refractivity contribution in [3.63, 3.8) is 0 Å². The zero-order valence-electron chi connectivity index (χ0n) is 11.8. The van der Waals surface area contributed by atoms with Crippen LogP contribution in [0.5, 0.6) is 5.75 Å². The molecular formula is C14H16N4O3. The van der Waals surface area contributed by atoms with Gasteiger partial charge in [-0.05, 0) is 43.7 Å². The number of amides is 2. The number of hydrogen-bond acceptors (Lipinski definition) is 5. The fourth-order valence-corrected chi connectivity index (χ4v) is 1.68. The van der Waals surface area contributed by atoms with Crippen LogP contribution in [0.1, 0.15) is 22.6 Å². The number of urea groups is 1. The Morgan fingerprint density at radius 3 is 2.71 bits per heavy atom. The third-order valence-corrected chi connectivity index (χ3v) is 2.83. The number of hydrazone groups is 1. The average Bonchev–Trinajstić information content (AvgIpc) is 2.77. The number of carbonyl (C=O) groups excluding carboxylic acids is 1. The van der Waals surface area contributed by atoms with E-state index >= 15 is 0 Å². The van der Waals surface area contributed by atoms with Crippen molar-refractivity contribution >= 4 is 12.2 Å². The molecule has 1 aromatic carbocycles. The number of primary amides is 1. The van der Waals surface area contributed by atoms with Gasteiger partial charge in [0.25, 0.3) is 0 Å². The number of nitrogens with two attached hydrogens (primary N) is 1. The predicted octanol–water partition coefficient (Wildman–Crippen LogP) is 1.87. The summed E-state index contributed by atoms with van der Waals surface area (Å²) in [4.78, 5) is 10.5. The number of rotatable bonds is 5. The van der Waals surface area contributed by atoms with E-state index in [1.165, 1.54) is 6.21 Å². The van der Waals surface area contributed by atoms with Gasteiger partial charge in [-0.1, -0.05) is 5.16 Å². The molecule has 0 saturated heterocycles. The molecular weight excluding hydrogens is 272 g/mol. The van der Waals surface area contributed by atoms with E-state index in [9.17, 15) is 4.79 Å². The zero-order valence-corrected chi connectivity index (χ0v) is 11.8. The Hall–Kier alpha value is -2.83. The van der Waals surface area contributed by atoms with Gasteiger partial charge < -0.3 is 15.0 Å². The van der Waals surface area contributed by atoms with E-state index in [1.807, 2.05) is 38.1 Å². The van der Waals surface area contributed by atoms with Crippen molar-refractivity contribution in [2.45, 2.75) is 20.5 Å². The number of nitrogens with zero attached hydrogens (tertiary/aromatic N) is 2. The molecule has 0 atom stereocenters. The number of carbonyl (C=O) groups is 1. The summed E-state index contributed by atoms with van der Waals surface area (Å²) in [5, 5.41) is 7.54. The Labute approximate surface area is 121 Å². The summed E-state index contributed by atoms with van der Waals surface area (Å²) in [7, 11) is 0. The fraction of sp³-hybridized carbons (Fsp3) is 0.214. The largest absolute Gasteiger partial charge is 0.489 e. The Kier molecular flexibility index (Phi) is 4.55. The van der Waals surface area contributed by atoms with Crippen LogP contribution in [0.4, 0.5) is 4.79 Å². The summed E-state index contributed by atoms with van der Waals surface area (Å²) in [5.41, 5.74) is 9.61. The third kappa shape index (κ3) is 4.07. The van der Waals surface area contributed by atoms with Gasteiger partial charge in [0.1, 0.15) is 18.1 Å². The minimum atomic E-state index is -0.703. The highest BCUT2D eigenvalue weighted by atomic mass is 16.5. The molecule has 0 aliphatic rings. The molecule has 2 rings (SSSR count). The maximum absolute atomic E-state index is 10.5. The molecule has 1 heterocycles. The van der Waals surface area contributed by atoms with E-state index in [4.69, 9.17) is 15.0 Å². The van der Waals surface area contributed by atoms with Crippen LogP contribution in [0.25, 0.3) is 0 Å². The van der Waals surface area contributed by atoms with Crippen molar-refractivity contribution in [1.29, 1.82) is 0 Å². The average molecular weight is 288 g/mol. The van der Waals surface area contributed by atoms with Crippen molar-refractivity contribution in [3.05, 3.63) is 46.8 Å². The SMILES string of the molecule is Cc1noc(C)c1COc1ccc(C=NNC(N)=O)cc1. The third-order valence-electron chi connectivity index (χ3n) is 2.83. The summed E-state index contributed by atoms with van der Waals surface area (Å²) < 4.78 is 10.7. The molecule has 1 aromatic heterocycles. The van der Waals surface area contributed by atoms with E-state index < -0.39 is 6.03 Å². The quantitative estimate of drug-likeness (QED) is 0.647. The van der Waals surface area contributed by atoms with E-state index in [1.54, 1.807) is 0 Å². The molecule has 0 unspecified atom stereocenters. The topological polar surface area (TPSA) is 103 Å². The van der Waals surface area contributed by atoms with Crippen molar-refractivity contribution in [1.82, 2.24) is 10.6 Å². The lowest BCUT2D eigenvalue weighted by Gasteiger charge is -2.05. The molecule has 0 spiro atoms. The van der Waals surface area contributed by atoms with Crippen LogP contribution in [-0.4, -0.2) is 17.4 Å². The van der Waals surface area contributed by atoms with E-state index in [-0.39, 0.29) is 0 Å². The van der Waals surface area contributed by atoms with Gasteiger partial charge in [0, 0.05) is 0 Å². The van der Waals surface area contributed by atoms with Crippen molar-refractivity contribution in [2.75, 3.05) is 0 Å². The van der Waals surface area contributed by atoms with Crippen LogP contribution >= 0.6 is 0 Å². The number of benzene rings is 1. The fourth-order valence-electron chi connectivity index (χ4n) is 1.68. The molecule has 7 heteroatoms. The Morgan fingerprint density at radius 2 is 2.14 bits per heavy atom. The smallest absolute Gasteiger partial charge is 0.332 e. The standard InChI is InChI=1S/C14H16N4O3/c1-9-13(10(2)21-18-9)8-20-12-5-3-11(4-6-12)7-16-17-14(15)19/h3-7H,8H2,1-2H3,(H3,15,17,19). The lowest BCUT2D eigenvalue weighted by molar-refractivity contribution is 0.249. The first-order valence-corrected chi connectivity index (χ1v) is 6.29. The molecule has 0 fully saturated rings. The van der Waals surface area contributed by atoms with Gasteiger partial charge in [0.15, 0.2) is 0 Å². The number of nitrogens with one attached hydrogen (secondary N) is 1. The van der Waals surface area contributed by atoms with Gasteiger partial charge >= 0.3 is 6.03 Å². The monoisotopic (exact) mass is 288 g/mol. The second-order valence-electron chi connectivity index (χ2n) is 4.39. The molecule has 0 saturated carbocycles. The molecule has 0 aliphatic carbocycles. The maximum Gasteiger partial charge on any atom is 0.332 e. The van der Waals surface area contributed by atoms with E-state index in [2.05, 4.69) is 15.7 Å². The normalized spacial score (nSPS) is 10.8. The lowest BCUT2D eigenvalue weighted by Crippen LogP contribution is -2.24. The Balaban J connectivity index is 1.93. The molecule has 7 nitrogen and oxygen atoms in total. The van der Waals surface area contributed by atoms with Crippen LogP contribution in [0.2, 0.25) is 0 Å². The summed E-state index contributed by atoms with van der Waals surface area (Å²) in [6, 6.07) is 6.54. The number of aryl methyl sites for hydroxylation is 2. The summed E-state index contributed by atoms with van der Waals surface area (Å²) in [6.45, 7) is 4.13. The minimum Gasteiger partial charge on any atom is -0.489 e. The number of ether oxygens (including phenoxy) is 1. The highest BCUT2D eigenvalue weighted by Gasteiger charge is 2.09. The molecule has 0 bridgehead atoms. The van der Waals surface area contributed by atoms with E-state index in [0.717, 1.165) is 28.3 Å². The molecule has 110 valence electrons. The molecule has 2 amide bonds. The highest BCUT2D eigenvalue weighted by Crippen LogP contribution is 2.17. The lowest BCUT2D eigenvalue weighted by atomic mass is 10.2. The van der Waals surface area contributed by atoms with Crippen LogP contribution in [0.3, 0.4) is 0 Å². The van der Waals surface area contributed by atoms with Crippen molar-refractivity contribution in [3.8, 4) is 5.75 Å². The molecule has 21 heavy (non-hydrogen) atoms. The van der Waals surface area contributed by atoms with Crippen LogP contribution in [0, 0.1) is 13.8 Å². The first-order valence-electron chi connectivity index (χ1n) is 6.29. The van der Waals surface area contributed by atoms with Gasteiger partial charge in [-0.25, -0.2) is 10.2 Å². The van der Waals surface area contributed by atoms with Crippen LogP contribution in [-0.2, 0) is 6.61 Å². The molecule has 3 N–H and O–H groups in total. The molecule has 0 radical (unpaired) electrons. The zero-order chi connectivity index (χ0) is 15.2. The first-order chi connectivity index (χ1) is 10.1. The van der Waals surface area contributed by atoms with Crippen LogP contribution < -0.4 is 15.9 Å². The Bertz CT molecular complexity index is 627. The summed E-state index contributed by atoms with van der Waals surface area (Å²) >= 11 is 0. The van der Waals surface area contributed by atoms with Gasteiger partial charge in [-0.3, -0.25) is 0 Å². The van der Waals surface area contributed by atoms with Crippen molar-refractivity contribution < 1.29 is 14.1 Å². The summed E-state index contributed by atoms with van der Waals surface area (Å²) in [6.07, 6.45) is 1.49.